The number of halogens is 2. The molecular weight excluding hydrogens is 424 g/mol. The first-order valence-electron chi connectivity index (χ1n) is 5.69. The second kappa shape index (κ2) is 5.89. The molecule has 2 aromatic rings. The highest BCUT2D eigenvalue weighted by Gasteiger charge is 2.21. The lowest BCUT2D eigenvalue weighted by Gasteiger charge is -2.10. The van der Waals surface area contributed by atoms with Gasteiger partial charge in [-0.05, 0) is 44.0 Å². The number of nitrogens with two attached hydrogens (primary N) is 2. The number of anilines is 2. The molecule has 0 saturated heterocycles. The van der Waals surface area contributed by atoms with Gasteiger partial charge in [-0.1, -0.05) is 0 Å². The fourth-order valence-corrected chi connectivity index (χ4v) is 2.91. The maximum absolute atomic E-state index is 11.0. The normalized spacial score (nSPS) is 10.5. The number of nitro benzene ring substituents is 2. The van der Waals surface area contributed by atoms with Crippen molar-refractivity contribution in [2.75, 3.05) is 11.5 Å². The molecule has 0 aliphatic heterocycles. The summed E-state index contributed by atoms with van der Waals surface area (Å²) in [5.74, 6) is 0. The van der Waals surface area contributed by atoms with Gasteiger partial charge in [-0.15, -0.1) is 0 Å². The van der Waals surface area contributed by atoms with Crippen molar-refractivity contribution in [2.45, 2.75) is 0 Å². The lowest BCUT2D eigenvalue weighted by atomic mass is 10.0. The topological polar surface area (TPSA) is 138 Å². The summed E-state index contributed by atoms with van der Waals surface area (Å²) in [6.07, 6.45) is 0. The van der Waals surface area contributed by atoms with Crippen LogP contribution in [0.15, 0.2) is 33.2 Å². The van der Waals surface area contributed by atoms with Crippen LogP contribution in [0.5, 0.6) is 0 Å². The number of hydrogen-bond acceptors (Lipinski definition) is 6. The molecule has 0 aromatic heterocycles. The van der Waals surface area contributed by atoms with Crippen molar-refractivity contribution < 1.29 is 9.85 Å². The molecule has 0 spiro atoms. The zero-order valence-corrected chi connectivity index (χ0v) is 13.9. The number of rotatable bonds is 3. The van der Waals surface area contributed by atoms with Gasteiger partial charge >= 0.3 is 0 Å². The first kappa shape index (κ1) is 16.2. The van der Waals surface area contributed by atoms with Crippen molar-refractivity contribution in [2.24, 2.45) is 0 Å². The van der Waals surface area contributed by atoms with Gasteiger partial charge in [0.2, 0.25) is 0 Å². The highest BCUT2D eigenvalue weighted by molar-refractivity contribution is 9.11. The Morgan fingerprint density at radius 2 is 1.09 bits per heavy atom. The van der Waals surface area contributed by atoms with Crippen LogP contribution in [-0.4, -0.2) is 9.85 Å². The second-order valence-corrected chi connectivity index (χ2v) is 6.00. The summed E-state index contributed by atoms with van der Waals surface area (Å²) in [5.41, 5.74) is 12.2. The van der Waals surface area contributed by atoms with E-state index in [0.29, 0.717) is 0 Å². The van der Waals surface area contributed by atoms with Gasteiger partial charge in [0.25, 0.3) is 11.4 Å². The number of benzene rings is 2. The zero-order valence-electron chi connectivity index (χ0n) is 10.7. The highest BCUT2D eigenvalue weighted by atomic mass is 79.9. The van der Waals surface area contributed by atoms with Gasteiger partial charge in [-0.25, -0.2) is 0 Å². The molecule has 10 heteroatoms. The molecule has 0 amide bonds. The summed E-state index contributed by atoms with van der Waals surface area (Å²) < 4.78 is 0.424. The lowest BCUT2D eigenvalue weighted by Crippen LogP contribution is -1.99. The van der Waals surface area contributed by atoms with Crippen molar-refractivity contribution in [3.05, 3.63) is 53.4 Å². The Bertz CT molecular complexity index is 743. The first-order chi connectivity index (χ1) is 10.2. The van der Waals surface area contributed by atoms with Gasteiger partial charge in [0.1, 0.15) is 0 Å². The van der Waals surface area contributed by atoms with E-state index in [9.17, 15) is 20.2 Å². The molecule has 0 fully saturated rings. The second-order valence-electron chi connectivity index (χ2n) is 4.30. The minimum absolute atomic E-state index is 0.209. The van der Waals surface area contributed by atoms with Crippen LogP contribution < -0.4 is 11.5 Å². The number of hydrogen-bond donors (Lipinski definition) is 2. The predicted molar refractivity (Wildman–Crippen MR) is 89.4 cm³/mol. The van der Waals surface area contributed by atoms with Gasteiger partial charge < -0.3 is 11.5 Å². The van der Waals surface area contributed by atoms with Crippen LogP contribution in [0.2, 0.25) is 0 Å². The molecule has 0 heterocycles. The van der Waals surface area contributed by atoms with E-state index in [1.54, 1.807) is 0 Å². The summed E-state index contributed by atoms with van der Waals surface area (Å²) in [6.45, 7) is 0. The van der Waals surface area contributed by atoms with E-state index < -0.39 is 9.85 Å². The SMILES string of the molecule is Nc1cc(Br)c([N+](=O)[O-])cc1-c1cc([N+](=O)[O-])c(Br)cc1N. The quantitative estimate of drug-likeness (QED) is 0.429. The Hall–Kier alpha value is -2.20. The van der Waals surface area contributed by atoms with Crippen LogP contribution in [0.4, 0.5) is 22.7 Å². The molecule has 0 aliphatic carbocycles. The van der Waals surface area contributed by atoms with Gasteiger partial charge in [0.15, 0.2) is 0 Å². The third-order valence-electron chi connectivity index (χ3n) is 2.92. The zero-order chi connectivity index (χ0) is 16.6. The molecule has 0 atom stereocenters. The van der Waals surface area contributed by atoms with E-state index in [1.165, 1.54) is 24.3 Å². The van der Waals surface area contributed by atoms with Gasteiger partial charge in [0.05, 0.1) is 18.8 Å². The number of nitrogen functional groups attached to an aromatic ring is 2. The van der Waals surface area contributed by atoms with Crippen molar-refractivity contribution in [3.63, 3.8) is 0 Å². The summed E-state index contributed by atoms with van der Waals surface area (Å²) in [6, 6.07) is 5.17. The average molecular weight is 432 g/mol. The Morgan fingerprint density at radius 1 is 0.773 bits per heavy atom. The summed E-state index contributed by atoms with van der Waals surface area (Å²) in [7, 11) is 0. The van der Waals surface area contributed by atoms with Crippen LogP contribution in [0.1, 0.15) is 0 Å². The van der Waals surface area contributed by atoms with E-state index in [2.05, 4.69) is 31.9 Å². The fraction of sp³-hybridized carbons (Fsp3) is 0. The van der Waals surface area contributed by atoms with Crippen molar-refractivity contribution in [3.8, 4) is 11.1 Å². The van der Waals surface area contributed by atoms with Crippen molar-refractivity contribution in [1.82, 2.24) is 0 Å². The van der Waals surface area contributed by atoms with Gasteiger partial charge in [-0.2, -0.15) is 0 Å². The smallest absolute Gasteiger partial charge is 0.284 e. The molecule has 0 bridgehead atoms. The van der Waals surface area contributed by atoms with Crippen LogP contribution in [-0.2, 0) is 0 Å². The van der Waals surface area contributed by atoms with E-state index in [-0.39, 0.29) is 42.8 Å². The minimum Gasteiger partial charge on any atom is -0.398 e. The highest BCUT2D eigenvalue weighted by Crippen LogP contribution is 2.41. The lowest BCUT2D eigenvalue weighted by molar-refractivity contribution is -0.385. The molecule has 8 nitrogen and oxygen atoms in total. The standard InChI is InChI=1S/C12H8Br2N4O4/c13-7-3-9(15)5(1-11(7)17(19)20)6-2-12(18(21)22)8(14)4-10(6)16/h1-4H,15-16H2. The average Bonchev–Trinajstić information content (AvgIpc) is 2.39. The molecule has 0 aliphatic rings. The number of nitrogens with zero attached hydrogens (tertiary/aromatic N) is 2. The summed E-state index contributed by atoms with van der Waals surface area (Å²) in [5, 5.41) is 22.0. The van der Waals surface area contributed by atoms with E-state index in [4.69, 9.17) is 11.5 Å². The third-order valence-corrected chi connectivity index (χ3v) is 4.19. The van der Waals surface area contributed by atoms with Crippen LogP contribution in [0.25, 0.3) is 11.1 Å². The molecule has 0 unspecified atom stereocenters. The van der Waals surface area contributed by atoms with Crippen molar-refractivity contribution >= 4 is 54.6 Å². The van der Waals surface area contributed by atoms with E-state index >= 15 is 0 Å². The molecule has 22 heavy (non-hydrogen) atoms. The third kappa shape index (κ3) is 2.88. The molecule has 2 rings (SSSR count). The minimum atomic E-state index is -0.587. The Labute approximate surface area is 140 Å². The summed E-state index contributed by atoms with van der Waals surface area (Å²) >= 11 is 6.11. The Balaban J connectivity index is 2.76. The molecular formula is C12H8Br2N4O4. The Kier molecular flexibility index (Phi) is 4.33. The number of nitro groups is 2. The fourth-order valence-electron chi connectivity index (χ4n) is 1.90. The monoisotopic (exact) mass is 430 g/mol. The molecule has 2 aromatic carbocycles. The van der Waals surface area contributed by atoms with Crippen LogP contribution >= 0.6 is 31.9 Å². The maximum atomic E-state index is 11.0. The van der Waals surface area contributed by atoms with E-state index in [0.717, 1.165) is 0 Å². The molecule has 0 radical (unpaired) electrons. The molecule has 0 saturated carbocycles. The largest absolute Gasteiger partial charge is 0.398 e. The van der Waals surface area contributed by atoms with E-state index in [1.807, 2.05) is 0 Å². The Morgan fingerprint density at radius 3 is 1.36 bits per heavy atom. The summed E-state index contributed by atoms with van der Waals surface area (Å²) in [4.78, 5) is 20.9. The van der Waals surface area contributed by atoms with Crippen molar-refractivity contribution in [1.29, 1.82) is 0 Å². The van der Waals surface area contributed by atoms with Crippen LogP contribution in [0.3, 0.4) is 0 Å². The van der Waals surface area contributed by atoms with Gasteiger partial charge in [-0.3, -0.25) is 20.2 Å². The van der Waals surface area contributed by atoms with Crippen LogP contribution in [0, 0.1) is 20.2 Å². The molecule has 4 N–H and O–H groups in total. The maximum Gasteiger partial charge on any atom is 0.284 e. The molecule has 114 valence electrons. The van der Waals surface area contributed by atoms with Gasteiger partial charge in [0, 0.05) is 34.6 Å². The first-order valence-corrected chi connectivity index (χ1v) is 7.28. The predicted octanol–water partition coefficient (Wildman–Crippen LogP) is 3.86.